The van der Waals surface area contributed by atoms with Crippen LogP contribution in [0.25, 0.3) is 10.6 Å². The summed E-state index contributed by atoms with van der Waals surface area (Å²) >= 11 is 1.62. The largest absolute Gasteiger partial charge is 0.342 e. The third-order valence-electron chi connectivity index (χ3n) is 4.37. The number of benzene rings is 1. The first-order valence-corrected chi connectivity index (χ1v) is 9.18. The molecule has 2 heterocycles. The second-order valence-electron chi connectivity index (χ2n) is 6.94. The first-order chi connectivity index (χ1) is 11.0. The molecule has 0 saturated carbocycles. The van der Waals surface area contributed by atoms with E-state index < -0.39 is 0 Å². The van der Waals surface area contributed by atoms with Crippen LogP contribution in [0.3, 0.4) is 0 Å². The van der Waals surface area contributed by atoms with E-state index in [0.29, 0.717) is 18.3 Å². The zero-order valence-electron chi connectivity index (χ0n) is 14.1. The van der Waals surface area contributed by atoms with Gasteiger partial charge in [0.1, 0.15) is 5.01 Å². The molecular formula is C19H24N2OS. The van der Waals surface area contributed by atoms with Gasteiger partial charge in [-0.2, -0.15) is 0 Å². The molecule has 122 valence electrons. The molecule has 1 amide bonds. The SMILES string of the molecule is Cc1cccc(-c2nc(CC(=O)N3CC(C)CC(C)C3)cs2)c1. The minimum absolute atomic E-state index is 0.212. The Kier molecular flexibility index (Phi) is 4.81. The van der Waals surface area contributed by atoms with E-state index in [0.717, 1.165) is 29.4 Å². The Morgan fingerprint density at radius 1 is 1.30 bits per heavy atom. The zero-order chi connectivity index (χ0) is 16.4. The maximum absolute atomic E-state index is 12.5. The molecule has 0 radical (unpaired) electrons. The molecule has 0 bridgehead atoms. The minimum Gasteiger partial charge on any atom is -0.342 e. The summed E-state index contributed by atoms with van der Waals surface area (Å²) < 4.78 is 0. The van der Waals surface area contributed by atoms with Crippen LogP contribution in [0.1, 0.15) is 31.5 Å². The van der Waals surface area contributed by atoms with Crippen LogP contribution in [0.15, 0.2) is 29.6 Å². The Balaban J connectivity index is 1.68. The molecular weight excluding hydrogens is 304 g/mol. The first kappa shape index (κ1) is 16.2. The van der Waals surface area contributed by atoms with Crippen LogP contribution < -0.4 is 0 Å². The van der Waals surface area contributed by atoms with E-state index in [4.69, 9.17) is 0 Å². The van der Waals surface area contributed by atoms with Gasteiger partial charge in [-0.25, -0.2) is 4.98 Å². The highest BCUT2D eigenvalue weighted by atomic mass is 32.1. The fraction of sp³-hybridized carbons (Fsp3) is 0.474. The molecule has 3 rings (SSSR count). The number of hydrogen-bond donors (Lipinski definition) is 0. The predicted molar refractivity (Wildman–Crippen MR) is 95.5 cm³/mol. The molecule has 0 N–H and O–H groups in total. The maximum atomic E-state index is 12.5. The fourth-order valence-corrected chi connectivity index (χ4v) is 4.25. The topological polar surface area (TPSA) is 33.2 Å². The van der Waals surface area contributed by atoms with Gasteiger partial charge in [0.15, 0.2) is 0 Å². The van der Waals surface area contributed by atoms with Gasteiger partial charge < -0.3 is 4.90 Å². The van der Waals surface area contributed by atoms with Crippen molar-refractivity contribution in [2.24, 2.45) is 11.8 Å². The van der Waals surface area contributed by atoms with E-state index in [1.165, 1.54) is 12.0 Å². The highest BCUT2D eigenvalue weighted by molar-refractivity contribution is 7.13. The van der Waals surface area contributed by atoms with Crippen molar-refractivity contribution in [1.29, 1.82) is 0 Å². The summed E-state index contributed by atoms with van der Waals surface area (Å²) in [4.78, 5) is 19.2. The summed E-state index contributed by atoms with van der Waals surface area (Å²) in [5.74, 6) is 1.41. The number of carbonyl (C=O) groups excluding carboxylic acids is 1. The Hall–Kier alpha value is -1.68. The molecule has 0 spiro atoms. The molecule has 1 aliphatic rings. The lowest BCUT2D eigenvalue weighted by atomic mass is 9.92. The summed E-state index contributed by atoms with van der Waals surface area (Å²) in [5.41, 5.74) is 3.25. The predicted octanol–water partition coefficient (Wildman–Crippen LogP) is 4.17. The standard InChI is InChI=1S/C19H24N2OS/c1-13-5-4-6-16(8-13)19-20-17(12-23-19)9-18(22)21-10-14(2)7-15(3)11-21/h4-6,8,12,14-15H,7,9-11H2,1-3H3. The third-order valence-corrected chi connectivity index (χ3v) is 5.31. The normalized spacial score (nSPS) is 21.4. The van der Waals surface area contributed by atoms with Crippen molar-refractivity contribution < 1.29 is 4.79 Å². The number of carbonyl (C=O) groups is 1. The number of aromatic nitrogens is 1. The summed E-state index contributed by atoms with van der Waals surface area (Å²) in [7, 11) is 0. The van der Waals surface area contributed by atoms with Crippen LogP contribution in [-0.4, -0.2) is 28.9 Å². The molecule has 1 fully saturated rings. The monoisotopic (exact) mass is 328 g/mol. The second kappa shape index (κ2) is 6.83. The van der Waals surface area contributed by atoms with Gasteiger partial charge in [-0.3, -0.25) is 4.79 Å². The lowest BCUT2D eigenvalue weighted by molar-refractivity contribution is -0.133. The van der Waals surface area contributed by atoms with E-state index in [-0.39, 0.29) is 5.91 Å². The number of piperidine rings is 1. The van der Waals surface area contributed by atoms with Crippen LogP contribution in [0.4, 0.5) is 0 Å². The molecule has 4 heteroatoms. The summed E-state index contributed by atoms with van der Waals surface area (Å²) in [6.45, 7) is 8.32. The van der Waals surface area contributed by atoms with Crippen molar-refractivity contribution in [1.82, 2.24) is 9.88 Å². The van der Waals surface area contributed by atoms with Crippen LogP contribution in [0, 0.1) is 18.8 Å². The van der Waals surface area contributed by atoms with Crippen molar-refractivity contribution in [3.8, 4) is 10.6 Å². The Bertz CT molecular complexity index is 684. The van der Waals surface area contributed by atoms with Crippen LogP contribution in [0.5, 0.6) is 0 Å². The zero-order valence-corrected chi connectivity index (χ0v) is 14.9. The molecule has 0 aliphatic carbocycles. The lowest BCUT2D eigenvalue weighted by Gasteiger charge is -2.35. The van der Waals surface area contributed by atoms with Crippen molar-refractivity contribution in [2.75, 3.05) is 13.1 Å². The van der Waals surface area contributed by atoms with E-state index in [9.17, 15) is 4.79 Å². The average Bonchev–Trinajstić information content (AvgIpc) is 2.95. The van der Waals surface area contributed by atoms with Gasteiger partial charge in [0.2, 0.25) is 5.91 Å². The molecule has 23 heavy (non-hydrogen) atoms. The average molecular weight is 328 g/mol. The second-order valence-corrected chi connectivity index (χ2v) is 7.79. The number of likely N-dealkylation sites (tertiary alicyclic amines) is 1. The van der Waals surface area contributed by atoms with Gasteiger partial charge in [0.25, 0.3) is 0 Å². The van der Waals surface area contributed by atoms with Crippen LogP contribution in [0.2, 0.25) is 0 Å². The van der Waals surface area contributed by atoms with Gasteiger partial charge in [-0.15, -0.1) is 11.3 Å². The van der Waals surface area contributed by atoms with Gasteiger partial charge >= 0.3 is 0 Å². The number of nitrogens with zero attached hydrogens (tertiary/aromatic N) is 2. The molecule has 1 saturated heterocycles. The Morgan fingerprint density at radius 2 is 2.04 bits per heavy atom. The number of hydrogen-bond acceptors (Lipinski definition) is 3. The van der Waals surface area contributed by atoms with E-state index in [2.05, 4.69) is 44.0 Å². The molecule has 1 aliphatic heterocycles. The summed E-state index contributed by atoms with van der Waals surface area (Å²) in [6, 6.07) is 8.34. The van der Waals surface area contributed by atoms with Gasteiger partial charge in [-0.1, -0.05) is 37.6 Å². The minimum atomic E-state index is 0.212. The van der Waals surface area contributed by atoms with Crippen molar-refractivity contribution in [3.63, 3.8) is 0 Å². The maximum Gasteiger partial charge on any atom is 0.228 e. The van der Waals surface area contributed by atoms with Crippen molar-refractivity contribution >= 4 is 17.2 Å². The van der Waals surface area contributed by atoms with Crippen LogP contribution >= 0.6 is 11.3 Å². The lowest BCUT2D eigenvalue weighted by Crippen LogP contribution is -2.43. The van der Waals surface area contributed by atoms with Crippen molar-refractivity contribution in [3.05, 3.63) is 40.9 Å². The van der Waals surface area contributed by atoms with Crippen LogP contribution in [-0.2, 0) is 11.2 Å². The van der Waals surface area contributed by atoms with E-state index in [1.54, 1.807) is 11.3 Å². The Labute approximate surface area is 142 Å². The highest BCUT2D eigenvalue weighted by Gasteiger charge is 2.25. The summed E-state index contributed by atoms with van der Waals surface area (Å²) in [6.07, 6.45) is 1.64. The highest BCUT2D eigenvalue weighted by Crippen LogP contribution is 2.26. The molecule has 2 atom stereocenters. The molecule has 1 aromatic carbocycles. The molecule has 2 unspecified atom stereocenters. The first-order valence-electron chi connectivity index (χ1n) is 8.30. The van der Waals surface area contributed by atoms with E-state index in [1.807, 2.05) is 16.3 Å². The smallest absolute Gasteiger partial charge is 0.228 e. The van der Waals surface area contributed by atoms with Gasteiger partial charge in [-0.05, 0) is 31.2 Å². The Morgan fingerprint density at radius 3 is 2.74 bits per heavy atom. The van der Waals surface area contributed by atoms with Crippen molar-refractivity contribution in [2.45, 2.75) is 33.6 Å². The van der Waals surface area contributed by atoms with Gasteiger partial charge in [0, 0.05) is 24.0 Å². The molecule has 3 nitrogen and oxygen atoms in total. The number of rotatable bonds is 3. The third kappa shape index (κ3) is 3.99. The number of amides is 1. The summed E-state index contributed by atoms with van der Waals surface area (Å²) in [5, 5.41) is 3.02. The van der Waals surface area contributed by atoms with Gasteiger partial charge in [0.05, 0.1) is 12.1 Å². The molecule has 2 aromatic rings. The fourth-order valence-electron chi connectivity index (χ4n) is 3.43. The number of aryl methyl sites for hydroxylation is 1. The quantitative estimate of drug-likeness (QED) is 0.847. The number of thiazole rings is 1. The molecule has 1 aromatic heterocycles. The van der Waals surface area contributed by atoms with E-state index >= 15 is 0 Å².